The normalized spacial score (nSPS) is 21.4. The van der Waals surface area contributed by atoms with Crippen LogP contribution in [0.15, 0.2) is 36.4 Å². The highest BCUT2D eigenvalue weighted by Crippen LogP contribution is 2.36. The molecule has 0 bridgehead atoms. The van der Waals surface area contributed by atoms with E-state index in [0.29, 0.717) is 22.9 Å². The smallest absolute Gasteiger partial charge is 0.335 e. The van der Waals surface area contributed by atoms with E-state index >= 15 is 0 Å². The predicted octanol–water partition coefficient (Wildman–Crippen LogP) is 2.27. The number of rotatable bonds is 0. The fourth-order valence-electron chi connectivity index (χ4n) is 2.68. The van der Waals surface area contributed by atoms with Crippen molar-refractivity contribution < 1.29 is 14.3 Å². The molecule has 0 aliphatic carbocycles. The average molecular weight is 285 g/mol. The number of hydrogen-bond donors (Lipinski definition) is 0. The molecule has 1 saturated heterocycles. The maximum absolute atomic E-state index is 12.6. The molecule has 100 valence electrons. The molecule has 4 nitrogen and oxygen atoms in total. The molecule has 20 heavy (non-hydrogen) atoms. The van der Waals surface area contributed by atoms with Crippen LogP contribution in [0.1, 0.15) is 10.4 Å². The number of benzene rings is 2. The predicted molar refractivity (Wildman–Crippen MR) is 76.9 cm³/mol. The summed E-state index contributed by atoms with van der Waals surface area (Å²) >= 11 is 1.58. The van der Waals surface area contributed by atoms with Gasteiger partial charge in [0.1, 0.15) is 6.04 Å². The molecule has 2 aliphatic rings. The largest absolute Gasteiger partial charge is 0.423 e. The van der Waals surface area contributed by atoms with Crippen molar-refractivity contribution in [3.8, 4) is 5.75 Å². The van der Waals surface area contributed by atoms with Crippen LogP contribution >= 0.6 is 11.8 Å². The molecule has 0 radical (unpaired) electrons. The van der Waals surface area contributed by atoms with Gasteiger partial charge in [-0.1, -0.05) is 30.3 Å². The van der Waals surface area contributed by atoms with E-state index in [9.17, 15) is 9.59 Å². The molecule has 2 aliphatic heterocycles. The van der Waals surface area contributed by atoms with Crippen molar-refractivity contribution in [1.29, 1.82) is 0 Å². The number of hydrogen-bond acceptors (Lipinski definition) is 4. The first-order valence-electron chi connectivity index (χ1n) is 6.38. The van der Waals surface area contributed by atoms with Gasteiger partial charge in [0, 0.05) is 11.1 Å². The number of amides is 1. The number of fused-ring (bicyclic) bond motifs is 4. The van der Waals surface area contributed by atoms with Crippen molar-refractivity contribution in [2.75, 3.05) is 11.6 Å². The number of carbonyl (C=O) groups is 2. The summed E-state index contributed by atoms with van der Waals surface area (Å²) in [6, 6.07) is 10.8. The molecule has 0 saturated carbocycles. The average Bonchev–Trinajstić information content (AvgIpc) is 2.93. The first kappa shape index (κ1) is 11.8. The second-order valence-corrected chi connectivity index (χ2v) is 5.87. The van der Waals surface area contributed by atoms with E-state index in [1.165, 1.54) is 0 Å². The van der Waals surface area contributed by atoms with Gasteiger partial charge in [0.25, 0.3) is 5.91 Å². The molecule has 1 unspecified atom stereocenters. The zero-order chi connectivity index (χ0) is 13.7. The van der Waals surface area contributed by atoms with Gasteiger partial charge >= 0.3 is 5.97 Å². The molecular formula is C15H11NO3S. The highest BCUT2D eigenvalue weighted by atomic mass is 32.2. The number of nitrogens with zero attached hydrogens (tertiary/aromatic N) is 1. The minimum atomic E-state index is -0.460. The Morgan fingerprint density at radius 1 is 1.15 bits per heavy atom. The zero-order valence-electron chi connectivity index (χ0n) is 10.5. The Bertz CT molecular complexity index is 743. The molecule has 2 heterocycles. The van der Waals surface area contributed by atoms with Gasteiger partial charge in [0.15, 0.2) is 5.75 Å². The Balaban J connectivity index is 1.98. The van der Waals surface area contributed by atoms with Crippen molar-refractivity contribution in [1.82, 2.24) is 4.90 Å². The van der Waals surface area contributed by atoms with Gasteiger partial charge < -0.3 is 9.64 Å². The molecule has 2 aromatic carbocycles. The monoisotopic (exact) mass is 285 g/mol. The van der Waals surface area contributed by atoms with Crippen molar-refractivity contribution in [2.24, 2.45) is 0 Å². The van der Waals surface area contributed by atoms with Gasteiger partial charge in [-0.25, -0.2) is 4.79 Å². The molecule has 1 amide bonds. The standard InChI is InChI=1S/C15H11NO3S/c17-14-11-6-5-9-3-1-2-4-10(9)13(11)19-15(18)12-7-20-8-16(12)14/h1-6,12H,7-8H2. The van der Waals surface area contributed by atoms with E-state index in [1.54, 1.807) is 22.7 Å². The second kappa shape index (κ2) is 4.24. The summed E-state index contributed by atoms with van der Waals surface area (Å²) in [7, 11) is 0. The third-order valence-electron chi connectivity index (χ3n) is 3.73. The lowest BCUT2D eigenvalue weighted by Gasteiger charge is -2.17. The van der Waals surface area contributed by atoms with Gasteiger partial charge in [-0.3, -0.25) is 4.79 Å². The molecular weight excluding hydrogens is 274 g/mol. The SMILES string of the molecule is O=C1Oc2c(ccc3ccccc23)C(=O)N2CSCC12. The summed E-state index contributed by atoms with van der Waals surface area (Å²) in [6.45, 7) is 0. The summed E-state index contributed by atoms with van der Waals surface area (Å²) < 4.78 is 5.54. The minimum Gasteiger partial charge on any atom is -0.423 e. The van der Waals surface area contributed by atoms with Gasteiger partial charge in [-0.05, 0) is 11.5 Å². The van der Waals surface area contributed by atoms with Crippen LogP contribution in [0.4, 0.5) is 0 Å². The van der Waals surface area contributed by atoms with Crippen LogP contribution in [0.5, 0.6) is 5.75 Å². The van der Waals surface area contributed by atoms with E-state index < -0.39 is 6.04 Å². The number of ether oxygens (including phenoxy) is 1. The van der Waals surface area contributed by atoms with E-state index in [2.05, 4.69) is 0 Å². The van der Waals surface area contributed by atoms with Crippen molar-refractivity contribution in [2.45, 2.75) is 6.04 Å². The molecule has 0 aromatic heterocycles. The maximum atomic E-state index is 12.6. The highest BCUT2D eigenvalue weighted by molar-refractivity contribution is 7.99. The second-order valence-electron chi connectivity index (χ2n) is 4.88. The first-order chi connectivity index (χ1) is 9.75. The van der Waals surface area contributed by atoms with Gasteiger partial charge in [-0.2, -0.15) is 0 Å². The van der Waals surface area contributed by atoms with Crippen molar-refractivity contribution in [3.05, 3.63) is 42.0 Å². The van der Waals surface area contributed by atoms with Crippen LogP contribution in [0.3, 0.4) is 0 Å². The molecule has 5 heteroatoms. The number of esters is 1. The van der Waals surface area contributed by atoms with Gasteiger partial charge in [-0.15, -0.1) is 11.8 Å². The summed E-state index contributed by atoms with van der Waals surface area (Å²) in [5.41, 5.74) is 0.474. The summed E-state index contributed by atoms with van der Waals surface area (Å²) in [5.74, 6) is 1.10. The molecule has 0 N–H and O–H groups in total. The van der Waals surface area contributed by atoms with Crippen LogP contribution < -0.4 is 4.74 Å². The van der Waals surface area contributed by atoms with Crippen LogP contribution in [0, 0.1) is 0 Å². The van der Waals surface area contributed by atoms with Crippen LogP contribution in [-0.4, -0.2) is 34.4 Å². The van der Waals surface area contributed by atoms with E-state index in [1.807, 2.05) is 30.3 Å². The van der Waals surface area contributed by atoms with Gasteiger partial charge in [0.05, 0.1) is 11.4 Å². The quantitative estimate of drug-likeness (QED) is 0.550. The minimum absolute atomic E-state index is 0.119. The molecule has 1 atom stereocenters. The fourth-order valence-corrected chi connectivity index (χ4v) is 3.82. The molecule has 1 fully saturated rings. The van der Waals surface area contributed by atoms with Crippen LogP contribution in [0.2, 0.25) is 0 Å². The Hall–Kier alpha value is -2.01. The number of thioether (sulfide) groups is 1. The lowest BCUT2D eigenvalue weighted by atomic mass is 10.0. The molecule has 2 aromatic rings. The Labute approximate surface area is 119 Å². The van der Waals surface area contributed by atoms with Crippen molar-refractivity contribution >= 4 is 34.4 Å². The summed E-state index contributed by atoms with van der Waals surface area (Å²) in [4.78, 5) is 26.4. The summed E-state index contributed by atoms with van der Waals surface area (Å²) in [5, 5.41) is 1.77. The fraction of sp³-hybridized carbons (Fsp3) is 0.200. The lowest BCUT2D eigenvalue weighted by molar-refractivity contribution is -0.137. The van der Waals surface area contributed by atoms with E-state index in [4.69, 9.17) is 4.74 Å². The Morgan fingerprint density at radius 2 is 2.00 bits per heavy atom. The molecule has 4 rings (SSSR count). The molecule has 0 spiro atoms. The Kier molecular flexibility index (Phi) is 2.50. The van der Waals surface area contributed by atoms with E-state index in [0.717, 1.165) is 10.8 Å². The van der Waals surface area contributed by atoms with Gasteiger partial charge in [0.2, 0.25) is 0 Å². The topological polar surface area (TPSA) is 46.6 Å². The van der Waals surface area contributed by atoms with E-state index in [-0.39, 0.29) is 11.9 Å². The lowest BCUT2D eigenvalue weighted by Crippen LogP contribution is -2.41. The van der Waals surface area contributed by atoms with Crippen LogP contribution in [-0.2, 0) is 4.79 Å². The Morgan fingerprint density at radius 3 is 2.90 bits per heavy atom. The summed E-state index contributed by atoms with van der Waals surface area (Å²) in [6.07, 6.45) is 0. The van der Waals surface area contributed by atoms with Crippen molar-refractivity contribution in [3.63, 3.8) is 0 Å². The first-order valence-corrected chi connectivity index (χ1v) is 7.53. The van der Waals surface area contributed by atoms with Crippen LogP contribution in [0.25, 0.3) is 10.8 Å². The third kappa shape index (κ3) is 1.56. The highest BCUT2D eigenvalue weighted by Gasteiger charge is 2.40. The number of carbonyl (C=O) groups excluding carboxylic acids is 2. The maximum Gasteiger partial charge on any atom is 0.335 e. The zero-order valence-corrected chi connectivity index (χ0v) is 11.4. The third-order valence-corrected chi connectivity index (χ3v) is 4.74.